The van der Waals surface area contributed by atoms with E-state index in [2.05, 4.69) is 5.32 Å². The molecule has 1 aliphatic heterocycles. The largest absolute Gasteiger partial charge is 0.316 e. The van der Waals surface area contributed by atoms with Crippen LogP contribution in [0.2, 0.25) is 0 Å². The summed E-state index contributed by atoms with van der Waals surface area (Å²) in [5, 5.41) is 3.29. The van der Waals surface area contributed by atoms with Crippen LogP contribution in [-0.2, 0) is 10.2 Å². The molecule has 0 spiro atoms. The van der Waals surface area contributed by atoms with E-state index in [4.69, 9.17) is 0 Å². The lowest BCUT2D eigenvalue weighted by Crippen LogP contribution is -2.43. The monoisotopic (exact) mass is 235 g/mol. The minimum absolute atomic E-state index is 0.443. The van der Waals surface area contributed by atoms with Crippen LogP contribution in [0.3, 0.4) is 0 Å². The van der Waals surface area contributed by atoms with Crippen molar-refractivity contribution in [2.24, 2.45) is 5.92 Å². The Bertz CT molecular complexity index is 284. The van der Waals surface area contributed by atoms with E-state index in [1.54, 1.807) is 21.1 Å². The van der Waals surface area contributed by atoms with Crippen LogP contribution in [0.4, 0.5) is 0 Å². The number of nitrogens with zero attached hydrogens (tertiary/aromatic N) is 2. The van der Waals surface area contributed by atoms with Gasteiger partial charge in [-0.3, -0.25) is 0 Å². The van der Waals surface area contributed by atoms with Crippen molar-refractivity contribution < 1.29 is 8.42 Å². The van der Waals surface area contributed by atoms with Gasteiger partial charge in [-0.25, -0.2) is 0 Å². The Morgan fingerprint density at radius 2 is 2.00 bits per heavy atom. The van der Waals surface area contributed by atoms with Crippen molar-refractivity contribution in [3.63, 3.8) is 0 Å². The Balaban J connectivity index is 2.50. The molecule has 1 saturated heterocycles. The molecule has 1 heterocycles. The molecule has 1 atom stereocenters. The van der Waals surface area contributed by atoms with Crippen molar-refractivity contribution >= 4 is 10.2 Å². The van der Waals surface area contributed by atoms with E-state index in [1.165, 1.54) is 8.61 Å². The Morgan fingerprint density at radius 3 is 2.47 bits per heavy atom. The fraction of sp³-hybridized carbons (Fsp3) is 1.00. The lowest BCUT2D eigenvalue weighted by molar-refractivity contribution is 0.305. The molecule has 1 fully saturated rings. The van der Waals surface area contributed by atoms with Crippen LogP contribution in [0, 0.1) is 5.92 Å². The average Bonchev–Trinajstić information content (AvgIpc) is 2.18. The normalized spacial score (nSPS) is 23.7. The van der Waals surface area contributed by atoms with Crippen molar-refractivity contribution in [3.8, 4) is 0 Å². The molecule has 90 valence electrons. The quantitative estimate of drug-likeness (QED) is 0.729. The zero-order chi connectivity index (χ0) is 11.5. The van der Waals surface area contributed by atoms with Gasteiger partial charge in [0.15, 0.2) is 0 Å². The number of rotatable bonds is 4. The lowest BCUT2D eigenvalue weighted by Gasteiger charge is -2.28. The molecule has 0 saturated carbocycles. The highest BCUT2D eigenvalue weighted by Crippen LogP contribution is 2.13. The van der Waals surface area contributed by atoms with Crippen LogP contribution in [0.15, 0.2) is 0 Å². The first kappa shape index (κ1) is 12.9. The highest BCUT2D eigenvalue weighted by Gasteiger charge is 2.24. The molecule has 0 radical (unpaired) electrons. The molecule has 15 heavy (non-hydrogen) atoms. The Kier molecular flexibility index (Phi) is 4.51. The molecule has 0 aromatic rings. The minimum atomic E-state index is -3.24. The van der Waals surface area contributed by atoms with Gasteiger partial charge in [-0.05, 0) is 31.8 Å². The highest BCUT2D eigenvalue weighted by molar-refractivity contribution is 7.86. The predicted molar refractivity (Wildman–Crippen MR) is 60.8 cm³/mol. The third kappa shape index (κ3) is 3.41. The maximum absolute atomic E-state index is 11.7. The highest BCUT2D eigenvalue weighted by atomic mass is 32.2. The zero-order valence-corrected chi connectivity index (χ0v) is 10.5. The van der Waals surface area contributed by atoms with Crippen LogP contribution in [0.1, 0.15) is 12.8 Å². The second-order valence-electron chi connectivity index (χ2n) is 4.28. The lowest BCUT2D eigenvalue weighted by atomic mass is 10.00. The third-order valence-electron chi connectivity index (χ3n) is 2.77. The van der Waals surface area contributed by atoms with Gasteiger partial charge in [-0.1, -0.05) is 0 Å². The summed E-state index contributed by atoms with van der Waals surface area (Å²) in [5.74, 6) is 0.443. The van der Waals surface area contributed by atoms with Crippen molar-refractivity contribution in [1.29, 1.82) is 0 Å². The molecule has 5 nitrogen and oxygen atoms in total. The molecular formula is C9H21N3O2S. The molecular weight excluding hydrogens is 214 g/mol. The fourth-order valence-electron chi connectivity index (χ4n) is 1.82. The average molecular weight is 235 g/mol. The van der Waals surface area contributed by atoms with E-state index < -0.39 is 10.2 Å². The molecule has 6 heteroatoms. The van der Waals surface area contributed by atoms with Gasteiger partial charge in [0.25, 0.3) is 10.2 Å². The summed E-state index contributed by atoms with van der Waals surface area (Å²) in [6.45, 7) is 2.58. The fourth-order valence-corrected chi connectivity index (χ4v) is 2.77. The summed E-state index contributed by atoms with van der Waals surface area (Å²) in [6.07, 6.45) is 2.25. The van der Waals surface area contributed by atoms with E-state index in [0.29, 0.717) is 12.5 Å². The van der Waals surface area contributed by atoms with Gasteiger partial charge < -0.3 is 5.32 Å². The van der Waals surface area contributed by atoms with Gasteiger partial charge in [-0.2, -0.15) is 17.0 Å². The summed E-state index contributed by atoms with van der Waals surface area (Å²) < 4.78 is 26.2. The number of hydrogen-bond donors (Lipinski definition) is 1. The number of hydrogen-bond acceptors (Lipinski definition) is 3. The summed E-state index contributed by atoms with van der Waals surface area (Å²) in [5.41, 5.74) is 0. The molecule has 0 aromatic heterocycles. The minimum Gasteiger partial charge on any atom is -0.316 e. The topological polar surface area (TPSA) is 52.7 Å². The van der Waals surface area contributed by atoms with Gasteiger partial charge in [0.05, 0.1) is 0 Å². The second-order valence-corrected chi connectivity index (χ2v) is 6.53. The first-order valence-electron chi connectivity index (χ1n) is 5.29. The molecule has 0 aliphatic carbocycles. The predicted octanol–water partition coefficient (Wildman–Crippen LogP) is -0.276. The molecule has 1 unspecified atom stereocenters. The first-order valence-corrected chi connectivity index (χ1v) is 6.69. The molecule has 1 N–H and O–H groups in total. The zero-order valence-electron chi connectivity index (χ0n) is 9.73. The summed E-state index contributed by atoms with van der Waals surface area (Å²) >= 11 is 0. The molecule has 1 aliphatic rings. The molecule has 0 aromatic carbocycles. The maximum atomic E-state index is 11.7. The van der Waals surface area contributed by atoms with Crippen molar-refractivity contribution in [1.82, 2.24) is 13.9 Å². The van der Waals surface area contributed by atoms with Crippen LogP contribution in [0.5, 0.6) is 0 Å². The van der Waals surface area contributed by atoms with Crippen LogP contribution < -0.4 is 5.32 Å². The van der Waals surface area contributed by atoms with Crippen molar-refractivity contribution in [2.75, 3.05) is 40.8 Å². The smallest absolute Gasteiger partial charge is 0.281 e. The molecule has 0 bridgehead atoms. The van der Waals surface area contributed by atoms with Crippen LogP contribution in [-0.4, -0.2) is 57.8 Å². The second kappa shape index (κ2) is 5.25. The molecule has 0 amide bonds. The van der Waals surface area contributed by atoms with Gasteiger partial charge in [0.1, 0.15) is 0 Å². The van der Waals surface area contributed by atoms with E-state index >= 15 is 0 Å². The van der Waals surface area contributed by atoms with Crippen LogP contribution in [0.25, 0.3) is 0 Å². The summed E-state index contributed by atoms with van der Waals surface area (Å²) in [6, 6.07) is 0. The Morgan fingerprint density at radius 1 is 1.33 bits per heavy atom. The first-order chi connectivity index (χ1) is 6.94. The van der Waals surface area contributed by atoms with Gasteiger partial charge in [0.2, 0.25) is 0 Å². The number of piperidine rings is 1. The van der Waals surface area contributed by atoms with E-state index in [9.17, 15) is 8.42 Å². The maximum Gasteiger partial charge on any atom is 0.281 e. The van der Waals surface area contributed by atoms with Gasteiger partial charge in [-0.15, -0.1) is 0 Å². The van der Waals surface area contributed by atoms with Gasteiger partial charge in [0, 0.05) is 27.7 Å². The van der Waals surface area contributed by atoms with E-state index in [1.807, 2.05) is 0 Å². The van der Waals surface area contributed by atoms with Gasteiger partial charge >= 0.3 is 0 Å². The SMILES string of the molecule is CN(C)S(=O)(=O)N(C)CC1CCCNC1. The van der Waals surface area contributed by atoms with E-state index in [0.717, 1.165) is 25.9 Å². The van der Waals surface area contributed by atoms with E-state index in [-0.39, 0.29) is 0 Å². The molecule has 1 rings (SSSR count). The Labute approximate surface area is 92.6 Å². The van der Waals surface area contributed by atoms with Crippen molar-refractivity contribution in [2.45, 2.75) is 12.8 Å². The summed E-state index contributed by atoms with van der Waals surface area (Å²) in [4.78, 5) is 0. The van der Waals surface area contributed by atoms with Crippen LogP contribution >= 0.6 is 0 Å². The summed E-state index contributed by atoms with van der Waals surface area (Å²) in [7, 11) is 1.53. The number of nitrogens with one attached hydrogen (secondary N) is 1. The standard InChI is InChI=1S/C9H21N3O2S/c1-11(2)15(13,14)12(3)8-9-5-4-6-10-7-9/h9-10H,4-8H2,1-3H3. The Hall–Kier alpha value is -0.170. The third-order valence-corrected chi connectivity index (χ3v) is 4.63. The van der Waals surface area contributed by atoms with Crippen molar-refractivity contribution in [3.05, 3.63) is 0 Å².